The van der Waals surface area contributed by atoms with E-state index in [1.54, 1.807) is 37.3 Å². The molecule has 0 aliphatic carbocycles. The highest BCUT2D eigenvalue weighted by molar-refractivity contribution is 5.80. The first-order chi connectivity index (χ1) is 18.7. The van der Waals surface area contributed by atoms with E-state index in [1.165, 1.54) is 38.2 Å². The zero-order valence-corrected chi connectivity index (χ0v) is 24.0. The van der Waals surface area contributed by atoms with Crippen LogP contribution in [-0.2, 0) is 14.4 Å². The molecule has 8 heteroatoms. The van der Waals surface area contributed by atoms with Gasteiger partial charge in [0.2, 0.25) is 11.8 Å². The molecule has 0 radical (unpaired) electrons. The molecule has 0 unspecified atom stereocenters. The van der Waals surface area contributed by atoms with E-state index in [9.17, 15) is 24.6 Å². The Labute approximate surface area is 234 Å². The maximum atomic E-state index is 12.2. The molecule has 0 aromatic rings. The van der Waals surface area contributed by atoms with Gasteiger partial charge in [-0.3, -0.25) is 9.59 Å². The standard InChI is InChI=1S/C31H50N2O6/c1-4-5-6-7-8-11-14-17-27(34)21-19-25(2)20-22-29(36)33-24-28(35)26(3)31(39)32-23-16-13-10-9-12-15-18-30(37)38/h9-10,12-13,15,18-21,26-28,34-35H,4-8,11,14,16-17,22-24H2,1-3H3,(H,32,39)(H,33,36)(H,37,38)/b12-9+,13-10+,18-15+,21-19?,25-20+/t26-,27-,28-/m0/s1. The molecular weight excluding hydrogens is 496 g/mol. The summed E-state index contributed by atoms with van der Waals surface area (Å²) in [5.41, 5.74) is 0.873. The molecule has 0 aliphatic rings. The zero-order chi connectivity index (χ0) is 29.3. The van der Waals surface area contributed by atoms with Gasteiger partial charge in [-0.2, -0.15) is 0 Å². The Balaban J connectivity index is 4.14. The molecule has 0 spiro atoms. The van der Waals surface area contributed by atoms with E-state index >= 15 is 0 Å². The maximum absolute atomic E-state index is 12.2. The SMILES string of the molecule is CCCCCCCCC[C@H](O)C=C/C(C)=C/CC(=O)NC[C@H](O)[C@H](C)C(=O)NCC/C=C/C=C/C=C/C(=O)O. The Hall–Kier alpha value is -2.97. The number of carbonyl (C=O) groups is 3. The summed E-state index contributed by atoms with van der Waals surface area (Å²) >= 11 is 0. The number of carbonyl (C=O) groups excluding carboxylic acids is 2. The van der Waals surface area contributed by atoms with Gasteiger partial charge in [0.1, 0.15) is 0 Å². The first-order valence-corrected chi connectivity index (χ1v) is 14.2. The molecular formula is C31H50N2O6. The second kappa shape index (κ2) is 24.1. The van der Waals surface area contributed by atoms with Gasteiger partial charge in [-0.1, -0.05) is 113 Å². The van der Waals surface area contributed by atoms with Crippen LogP contribution in [0.1, 0.15) is 85.0 Å². The van der Waals surface area contributed by atoms with Crippen molar-refractivity contribution in [1.29, 1.82) is 0 Å². The number of hydrogen-bond acceptors (Lipinski definition) is 5. The van der Waals surface area contributed by atoms with Crippen molar-refractivity contribution in [2.75, 3.05) is 13.1 Å². The monoisotopic (exact) mass is 546 g/mol. The number of unbranched alkanes of at least 4 members (excludes halogenated alkanes) is 6. The Morgan fingerprint density at radius 2 is 1.54 bits per heavy atom. The number of aliphatic carboxylic acids is 1. The highest BCUT2D eigenvalue weighted by Crippen LogP contribution is 2.11. The van der Waals surface area contributed by atoms with E-state index in [-0.39, 0.29) is 24.8 Å². The van der Waals surface area contributed by atoms with Gasteiger partial charge in [0.25, 0.3) is 0 Å². The highest BCUT2D eigenvalue weighted by atomic mass is 16.4. The zero-order valence-electron chi connectivity index (χ0n) is 24.0. The highest BCUT2D eigenvalue weighted by Gasteiger charge is 2.21. The van der Waals surface area contributed by atoms with Crippen LogP contribution in [0.15, 0.2) is 60.3 Å². The van der Waals surface area contributed by atoms with Crippen molar-refractivity contribution in [2.24, 2.45) is 5.92 Å². The van der Waals surface area contributed by atoms with Crippen molar-refractivity contribution in [1.82, 2.24) is 10.6 Å². The van der Waals surface area contributed by atoms with Gasteiger partial charge < -0.3 is 26.0 Å². The second-order valence-corrected chi connectivity index (χ2v) is 9.74. The first-order valence-electron chi connectivity index (χ1n) is 14.2. The molecule has 0 fully saturated rings. The molecule has 39 heavy (non-hydrogen) atoms. The predicted molar refractivity (Wildman–Crippen MR) is 157 cm³/mol. The summed E-state index contributed by atoms with van der Waals surface area (Å²) in [6.45, 7) is 6.05. The number of allylic oxidation sites excluding steroid dienone is 6. The first kappa shape index (κ1) is 36.0. The minimum atomic E-state index is -1.01. The van der Waals surface area contributed by atoms with Crippen LogP contribution in [0.5, 0.6) is 0 Å². The van der Waals surface area contributed by atoms with E-state index < -0.39 is 24.1 Å². The molecule has 0 saturated carbocycles. The summed E-state index contributed by atoms with van der Waals surface area (Å²) in [4.78, 5) is 34.7. The Morgan fingerprint density at radius 1 is 0.872 bits per heavy atom. The molecule has 3 atom stereocenters. The van der Waals surface area contributed by atoms with E-state index in [1.807, 2.05) is 19.1 Å². The topological polar surface area (TPSA) is 136 Å². The smallest absolute Gasteiger partial charge is 0.328 e. The van der Waals surface area contributed by atoms with E-state index in [2.05, 4.69) is 17.6 Å². The summed E-state index contributed by atoms with van der Waals surface area (Å²) < 4.78 is 0. The second-order valence-electron chi connectivity index (χ2n) is 9.74. The van der Waals surface area contributed by atoms with E-state index in [0.717, 1.165) is 30.9 Å². The predicted octanol–water partition coefficient (Wildman–Crippen LogP) is 4.75. The Morgan fingerprint density at radius 3 is 2.23 bits per heavy atom. The number of amides is 2. The third-order valence-electron chi connectivity index (χ3n) is 6.11. The van der Waals surface area contributed by atoms with Gasteiger partial charge in [-0.15, -0.1) is 0 Å². The molecule has 0 bridgehead atoms. The van der Waals surface area contributed by atoms with E-state index in [4.69, 9.17) is 5.11 Å². The third-order valence-corrected chi connectivity index (χ3v) is 6.11. The van der Waals surface area contributed by atoms with Gasteiger partial charge in [-0.25, -0.2) is 4.79 Å². The van der Waals surface area contributed by atoms with Gasteiger partial charge in [-0.05, 0) is 19.8 Å². The maximum Gasteiger partial charge on any atom is 0.328 e. The Kier molecular flexibility index (Phi) is 22.3. The number of aliphatic hydroxyl groups excluding tert-OH is 2. The van der Waals surface area contributed by atoms with Crippen LogP contribution in [0, 0.1) is 5.92 Å². The number of carboxylic acids is 1. The van der Waals surface area contributed by atoms with Crippen LogP contribution < -0.4 is 10.6 Å². The number of aliphatic hydroxyl groups is 2. The lowest BCUT2D eigenvalue weighted by Crippen LogP contribution is -2.42. The fourth-order valence-electron chi connectivity index (χ4n) is 3.51. The summed E-state index contributed by atoms with van der Waals surface area (Å²) in [6, 6.07) is 0. The normalized spacial score (nSPS) is 14.8. The molecule has 8 nitrogen and oxygen atoms in total. The summed E-state index contributed by atoms with van der Waals surface area (Å²) in [7, 11) is 0. The van der Waals surface area contributed by atoms with Crippen molar-refractivity contribution in [3.63, 3.8) is 0 Å². The number of rotatable bonds is 22. The van der Waals surface area contributed by atoms with Crippen LogP contribution in [-0.4, -0.2) is 58.4 Å². The number of nitrogens with one attached hydrogen (secondary N) is 2. The van der Waals surface area contributed by atoms with E-state index in [0.29, 0.717) is 13.0 Å². The van der Waals surface area contributed by atoms with Crippen LogP contribution in [0.2, 0.25) is 0 Å². The fraction of sp³-hybridized carbons (Fsp3) is 0.581. The molecule has 0 saturated heterocycles. The minimum absolute atomic E-state index is 0.0259. The lowest BCUT2D eigenvalue weighted by molar-refractivity contribution is -0.131. The van der Waals surface area contributed by atoms with Crippen LogP contribution in [0.25, 0.3) is 0 Å². The van der Waals surface area contributed by atoms with Gasteiger partial charge in [0.15, 0.2) is 0 Å². The number of hydrogen-bond donors (Lipinski definition) is 5. The van der Waals surface area contributed by atoms with Crippen molar-refractivity contribution < 1.29 is 29.7 Å². The van der Waals surface area contributed by atoms with Crippen LogP contribution in [0.3, 0.4) is 0 Å². The summed E-state index contributed by atoms with van der Waals surface area (Å²) in [6.07, 6.45) is 23.1. The lowest BCUT2D eigenvalue weighted by atomic mass is 10.0. The molecule has 0 aromatic carbocycles. The van der Waals surface area contributed by atoms with Crippen molar-refractivity contribution in [2.45, 2.75) is 97.2 Å². The quantitative estimate of drug-likeness (QED) is 0.0755. The van der Waals surface area contributed by atoms with Crippen LogP contribution >= 0.6 is 0 Å². The van der Waals surface area contributed by atoms with Crippen molar-refractivity contribution in [3.8, 4) is 0 Å². The average Bonchev–Trinajstić information content (AvgIpc) is 2.91. The van der Waals surface area contributed by atoms with Crippen molar-refractivity contribution in [3.05, 3.63) is 60.3 Å². The van der Waals surface area contributed by atoms with Crippen LogP contribution in [0.4, 0.5) is 0 Å². The average molecular weight is 547 g/mol. The molecule has 2 amide bonds. The van der Waals surface area contributed by atoms with Gasteiger partial charge >= 0.3 is 5.97 Å². The lowest BCUT2D eigenvalue weighted by Gasteiger charge is -2.18. The minimum Gasteiger partial charge on any atom is -0.478 e. The largest absolute Gasteiger partial charge is 0.478 e. The molecule has 0 heterocycles. The van der Waals surface area contributed by atoms with Gasteiger partial charge in [0, 0.05) is 25.6 Å². The Bertz CT molecular complexity index is 844. The fourth-order valence-corrected chi connectivity index (χ4v) is 3.51. The van der Waals surface area contributed by atoms with Crippen molar-refractivity contribution >= 4 is 17.8 Å². The third kappa shape index (κ3) is 22.7. The number of carboxylic acid groups (broad SMARTS) is 1. The molecule has 220 valence electrons. The molecule has 5 N–H and O–H groups in total. The summed E-state index contributed by atoms with van der Waals surface area (Å²) in [5, 5.41) is 34.2. The summed E-state index contributed by atoms with van der Waals surface area (Å²) in [5.74, 6) is -2.26. The molecule has 0 aliphatic heterocycles. The molecule has 0 rings (SSSR count). The molecule has 0 aromatic heterocycles. The van der Waals surface area contributed by atoms with Gasteiger partial charge in [0.05, 0.1) is 18.1 Å².